The van der Waals surface area contributed by atoms with Crippen molar-refractivity contribution in [3.63, 3.8) is 0 Å². The van der Waals surface area contributed by atoms with E-state index in [1.807, 2.05) is 13.0 Å². The molecule has 1 atom stereocenters. The number of hydrogen-bond acceptors (Lipinski definition) is 3. The largest absolute Gasteiger partial charge is 0.349 e. The van der Waals surface area contributed by atoms with E-state index in [2.05, 4.69) is 22.2 Å². The van der Waals surface area contributed by atoms with Crippen molar-refractivity contribution in [1.29, 1.82) is 0 Å². The summed E-state index contributed by atoms with van der Waals surface area (Å²) in [5, 5.41) is 7.17. The van der Waals surface area contributed by atoms with Crippen molar-refractivity contribution >= 4 is 5.91 Å². The number of nitrogens with zero attached hydrogens (tertiary/aromatic N) is 3. The molecule has 1 aromatic rings. The third-order valence-corrected chi connectivity index (χ3v) is 3.86. The molecule has 106 valence electrons. The number of nitrogens with one attached hydrogen (secondary N) is 1. The van der Waals surface area contributed by atoms with E-state index >= 15 is 0 Å². The van der Waals surface area contributed by atoms with Crippen LogP contribution in [0.5, 0.6) is 0 Å². The Morgan fingerprint density at radius 3 is 2.95 bits per heavy atom. The number of hydrogen-bond donors (Lipinski definition) is 1. The van der Waals surface area contributed by atoms with Crippen LogP contribution in [0.15, 0.2) is 6.07 Å². The summed E-state index contributed by atoms with van der Waals surface area (Å²) in [6.07, 6.45) is 3.88. The summed E-state index contributed by atoms with van der Waals surface area (Å²) >= 11 is 0. The summed E-state index contributed by atoms with van der Waals surface area (Å²) in [6, 6.07) is 2.46. The first-order valence-corrected chi connectivity index (χ1v) is 7.11. The van der Waals surface area contributed by atoms with E-state index in [1.54, 1.807) is 11.7 Å². The van der Waals surface area contributed by atoms with Crippen LogP contribution in [0.3, 0.4) is 0 Å². The zero-order chi connectivity index (χ0) is 13.8. The molecule has 2 heterocycles. The van der Waals surface area contributed by atoms with Crippen molar-refractivity contribution in [2.45, 2.75) is 39.2 Å². The zero-order valence-electron chi connectivity index (χ0n) is 12.1. The smallest absolute Gasteiger partial charge is 0.269 e. The van der Waals surface area contributed by atoms with Crippen LogP contribution >= 0.6 is 0 Å². The van der Waals surface area contributed by atoms with E-state index < -0.39 is 0 Å². The van der Waals surface area contributed by atoms with Gasteiger partial charge in [0, 0.05) is 26.2 Å². The lowest BCUT2D eigenvalue weighted by atomic mass is 10.0. The minimum atomic E-state index is -0.0345. The quantitative estimate of drug-likeness (QED) is 0.892. The maximum Gasteiger partial charge on any atom is 0.269 e. The minimum absolute atomic E-state index is 0.0345. The van der Waals surface area contributed by atoms with Crippen molar-refractivity contribution < 1.29 is 4.79 Å². The number of likely N-dealkylation sites (tertiary alicyclic amines) is 1. The molecule has 0 aliphatic carbocycles. The van der Waals surface area contributed by atoms with E-state index in [1.165, 1.54) is 19.3 Å². The molecule has 0 saturated carbocycles. The number of rotatable bonds is 4. The molecule has 1 fully saturated rings. The fraction of sp³-hybridized carbons (Fsp3) is 0.714. The van der Waals surface area contributed by atoms with Gasteiger partial charge in [0.05, 0.1) is 5.69 Å². The number of aryl methyl sites for hydroxylation is 2. The molecule has 19 heavy (non-hydrogen) atoms. The predicted octanol–water partition coefficient (Wildman–Crippen LogP) is 1.33. The second-order valence-electron chi connectivity index (χ2n) is 5.43. The van der Waals surface area contributed by atoms with E-state index in [9.17, 15) is 4.79 Å². The van der Waals surface area contributed by atoms with E-state index in [-0.39, 0.29) is 5.91 Å². The number of amides is 1. The Hall–Kier alpha value is -1.36. The van der Waals surface area contributed by atoms with Gasteiger partial charge in [0.1, 0.15) is 5.69 Å². The highest BCUT2D eigenvalue weighted by atomic mass is 16.2. The van der Waals surface area contributed by atoms with Crippen molar-refractivity contribution in [2.24, 2.45) is 7.05 Å². The van der Waals surface area contributed by atoms with Crippen LogP contribution < -0.4 is 5.32 Å². The lowest BCUT2D eigenvalue weighted by Gasteiger charge is -2.33. The highest BCUT2D eigenvalue weighted by Gasteiger charge is 2.18. The Bertz CT molecular complexity index is 441. The van der Waals surface area contributed by atoms with Crippen LogP contribution in [0.4, 0.5) is 0 Å². The van der Waals surface area contributed by atoms with Crippen LogP contribution in [-0.4, -0.2) is 46.3 Å². The summed E-state index contributed by atoms with van der Waals surface area (Å²) in [4.78, 5) is 14.5. The van der Waals surface area contributed by atoms with Gasteiger partial charge in [-0.3, -0.25) is 14.4 Å². The average Bonchev–Trinajstić information content (AvgIpc) is 2.71. The predicted molar refractivity (Wildman–Crippen MR) is 75.2 cm³/mol. The third kappa shape index (κ3) is 3.56. The fourth-order valence-corrected chi connectivity index (χ4v) is 2.72. The molecule has 5 heteroatoms. The molecule has 1 amide bonds. The monoisotopic (exact) mass is 264 g/mol. The van der Waals surface area contributed by atoms with Crippen LogP contribution in [0, 0.1) is 6.92 Å². The number of carbonyl (C=O) groups is 1. The molecule has 2 rings (SSSR count). The third-order valence-electron chi connectivity index (χ3n) is 3.86. The fourth-order valence-electron chi connectivity index (χ4n) is 2.72. The Labute approximate surface area is 115 Å². The molecule has 0 aromatic carbocycles. The van der Waals surface area contributed by atoms with Gasteiger partial charge in [0.15, 0.2) is 0 Å². The van der Waals surface area contributed by atoms with Crippen LogP contribution in [0.2, 0.25) is 0 Å². The molecule has 0 spiro atoms. The molecule has 1 aliphatic heterocycles. The van der Waals surface area contributed by atoms with Crippen LogP contribution in [0.25, 0.3) is 0 Å². The number of aromatic nitrogens is 2. The normalized spacial score (nSPS) is 20.5. The number of carbonyl (C=O) groups excluding carboxylic acids is 1. The van der Waals surface area contributed by atoms with Gasteiger partial charge in [-0.05, 0) is 39.3 Å². The van der Waals surface area contributed by atoms with Crippen molar-refractivity contribution in [3.05, 3.63) is 17.5 Å². The molecule has 1 saturated heterocycles. The highest BCUT2D eigenvalue weighted by Crippen LogP contribution is 2.15. The van der Waals surface area contributed by atoms with Crippen LogP contribution in [0.1, 0.15) is 42.4 Å². The minimum Gasteiger partial charge on any atom is -0.349 e. The molecule has 1 aliphatic rings. The summed E-state index contributed by atoms with van der Waals surface area (Å²) in [5.41, 5.74) is 1.50. The molecule has 1 unspecified atom stereocenters. The lowest BCUT2D eigenvalue weighted by Crippen LogP contribution is -2.42. The zero-order valence-corrected chi connectivity index (χ0v) is 12.1. The average molecular weight is 264 g/mol. The molecule has 5 nitrogen and oxygen atoms in total. The highest BCUT2D eigenvalue weighted by molar-refractivity contribution is 5.92. The van der Waals surface area contributed by atoms with Gasteiger partial charge in [-0.2, -0.15) is 5.10 Å². The topological polar surface area (TPSA) is 50.2 Å². The van der Waals surface area contributed by atoms with Gasteiger partial charge in [0.25, 0.3) is 5.91 Å². The Balaban J connectivity index is 1.79. The summed E-state index contributed by atoms with van der Waals surface area (Å²) < 4.78 is 1.63. The number of piperidine rings is 1. The van der Waals surface area contributed by atoms with Gasteiger partial charge >= 0.3 is 0 Å². The second-order valence-corrected chi connectivity index (χ2v) is 5.43. The molecular formula is C14H24N4O. The SMILES string of the molecule is Cc1cc(C(=O)NCCN2CCCCC2C)n(C)n1. The molecular weight excluding hydrogens is 240 g/mol. The van der Waals surface area contributed by atoms with Crippen molar-refractivity contribution in [1.82, 2.24) is 20.0 Å². The molecule has 1 N–H and O–H groups in total. The lowest BCUT2D eigenvalue weighted by molar-refractivity contribution is 0.0929. The Kier molecular flexibility index (Phi) is 4.58. The molecule has 1 aromatic heterocycles. The summed E-state index contributed by atoms with van der Waals surface area (Å²) in [5.74, 6) is -0.0345. The van der Waals surface area contributed by atoms with Gasteiger partial charge < -0.3 is 5.32 Å². The first-order valence-electron chi connectivity index (χ1n) is 7.11. The van der Waals surface area contributed by atoms with E-state index in [4.69, 9.17) is 0 Å². The maximum absolute atomic E-state index is 12.0. The maximum atomic E-state index is 12.0. The van der Waals surface area contributed by atoms with Gasteiger partial charge in [0.2, 0.25) is 0 Å². The molecule has 0 radical (unpaired) electrons. The van der Waals surface area contributed by atoms with E-state index in [0.29, 0.717) is 18.3 Å². The van der Waals surface area contributed by atoms with Crippen molar-refractivity contribution in [3.8, 4) is 0 Å². The van der Waals surface area contributed by atoms with Gasteiger partial charge in [-0.15, -0.1) is 0 Å². The first kappa shape index (κ1) is 14.1. The van der Waals surface area contributed by atoms with Crippen molar-refractivity contribution in [2.75, 3.05) is 19.6 Å². The first-order chi connectivity index (χ1) is 9.08. The Morgan fingerprint density at radius 2 is 2.32 bits per heavy atom. The Morgan fingerprint density at radius 1 is 1.53 bits per heavy atom. The van der Waals surface area contributed by atoms with E-state index in [0.717, 1.165) is 18.8 Å². The molecule has 0 bridgehead atoms. The van der Waals surface area contributed by atoms with Crippen LogP contribution in [-0.2, 0) is 7.05 Å². The standard InChI is InChI=1S/C14H24N4O/c1-11-10-13(17(3)16-11)14(19)15-7-9-18-8-5-4-6-12(18)2/h10,12H,4-9H2,1-3H3,(H,15,19). The summed E-state index contributed by atoms with van der Waals surface area (Å²) in [6.45, 7) is 6.96. The summed E-state index contributed by atoms with van der Waals surface area (Å²) in [7, 11) is 1.80. The van der Waals surface area contributed by atoms with Gasteiger partial charge in [-0.25, -0.2) is 0 Å². The second kappa shape index (κ2) is 6.19. The van der Waals surface area contributed by atoms with Gasteiger partial charge in [-0.1, -0.05) is 6.42 Å².